The van der Waals surface area contributed by atoms with Gasteiger partial charge in [0.15, 0.2) is 0 Å². The van der Waals surface area contributed by atoms with Crippen LogP contribution in [0.1, 0.15) is 65.7 Å². The monoisotopic (exact) mass is 268 g/mol. The molecule has 2 fully saturated rings. The summed E-state index contributed by atoms with van der Waals surface area (Å²) in [4.78, 5) is 14.4. The molecule has 2 rings (SSSR count). The van der Waals surface area contributed by atoms with E-state index in [9.17, 15) is 4.79 Å². The second-order valence-corrected chi connectivity index (χ2v) is 7.17. The van der Waals surface area contributed by atoms with Crippen LogP contribution in [0.4, 0.5) is 4.79 Å². The van der Waals surface area contributed by atoms with Crippen molar-refractivity contribution in [2.45, 2.75) is 82.9 Å². The quantitative estimate of drug-likeness (QED) is 0.734. The highest BCUT2D eigenvalue weighted by molar-refractivity contribution is 5.69. The molecular weight excluding hydrogens is 240 g/mol. The van der Waals surface area contributed by atoms with Gasteiger partial charge >= 0.3 is 6.09 Å². The number of carbonyl (C=O) groups is 1. The smallest absolute Gasteiger partial charge is 0.410 e. The van der Waals surface area contributed by atoms with E-state index in [0.717, 1.165) is 32.2 Å². The summed E-state index contributed by atoms with van der Waals surface area (Å²) in [6.45, 7) is 6.52. The average Bonchev–Trinajstić information content (AvgIpc) is 2.27. The first-order valence-electron chi connectivity index (χ1n) is 7.59. The zero-order valence-electron chi connectivity index (χ0n) is 12.6. The lowest BCUT2D eigenvalue weighted by Gasteiger charge is -2.51. The summed E-state index contributed by atoms with van der Waals surface area (Å²) >= 11 is 0. The number of hydrogen-bond acceptors (Lipinski definition) is 3. The van der Waals surface area contributed by atoms with E-state index < -0.39 is 5.60 Å². The number of carbonyl (C=O) groups excluding carboxylic acids is 1. The minimum atomic E-state index is -0.424. The molecule has 0 aromatic rings. The van der Waals surface area contributed by atoms with Crippen molar-refractivity contribution in [3.05, 3.63) is 0 Å². The molecule has 110 valence electrons. The molecule has 0 bridgehead atoms. The summed E-state index contributed by atoms with van der Waals surface area (Å²) in [5.41, 5.74) is 5.70. The van der Waals surface area contributed by atoms with Gasteiger partial charge in [-0.25, -0.2) is 4.79 Å². The van der Waals surface area contributed by atoms with Crippen molar-refractivity contribution in [2.75, 3.05) is 6.54 Å². The molecule has 19 heavy (non-hydrogen) atoms. The van der Waals surface area contributed by atoms with Crippen molar-refractivity contribution < 1.29 is 9.53 Å². The predicted octanol–water partition coefficient (Wildman–Crippen LogP) is 3.05. The van der Waals surface area contributed by atoms with E-state index >= 15 is 0 Å². The molecule has 1 aliphatic carbocycles. The minimum Gasteiger partial charge on any atom is -0.444 e. The molecule has 1 aliphatic heterocycles. The first-order valence-corrected chi connectivity index (χ1v) is 7.59. The van der Waals surface area contributed by atoms with Crippen molar-refractivity contribution in [1.29, 1.82) is 0 Å². The van der Waals surface area contributed by atoms with Crippen LogP contribution >= 0.6 is 0 Å². The Morgan fingerprint density at radius 2 is 1.89 bits per heavy atom. The van der Waals surface area contributed by atoms with Crippen molar-refractivity contribution in [2.24, 2.45) is 5.73 Å². The molecule has 1 amide bonds. The fourth-order valence-corrected chi connectivity index (χ4v) is 3.52. The van der Waals surface area contributed by atoms with Gasteiger partial charge in [-0.2, -0.15) is 0 Å². The highest BCUT2D eigenvalue weighted by Gasteiger charge is 2.45. The number of nitrogens with zero attached hydrogens (tertiary/aromatic N) is 1. The van der Waals surface area contributed by atoms with Gasteiger partial charge in [-0.15, -0.1) is 0 Å². The van der Waals surface area contributed by atoms with Crippen LogP contribution in [0.3, 0.4) is 0 Å². The molecule has 2 aliphatic rings. The first-order chi connectivity index (χ1) is 8.82. The molecule has 4 nitrogen and oxygen atoms in total. The van der Waals surface area contributed by atoms with E-state index in [0.29, 0.717) is 0 Å². The lowest BCUT2D eigenvalue weighted by atomic mass is 9.73. The van der Waals surface area contributed by atoms with Crippen LogP contribution in [0.15, 0.2) is 0 Å². The maximum Gasteiger partial charge on any atom is 0.410 e. The first kappa shape index (κ1) is 14.6. The van der Waals surface area contributed by atoms with Crippen LogP contribution in [-0.2, 0) is 4.74 Å². The molecule has 1 spiro atoms. The Bertz CT molecular complexity index is 330. The molecule has 0 radical (unpaired) electrons. The predicted molar refractivity (Wildman–Crippen MR) is 76.0 cm³/mol. The van der Waals surface area contributed by atoms with Gasteiger partial charge in [0.05, 0.1) is 0 Å². The van der Waals surface area contributed by atoms with Crippen molar-refractivity contribution in [1.82, 2.24) is 4.90 Å². The summed E-state index contributed by atoms with van der Waals surface area (Å²) < 4.78 is 5.59. The summed E-state index contributed by atoms with van der Waals surface area (Å²) in [6.07, 6.45) is 7.52. The molecule has 4 heteroatoms. The maximum atomic E-state index is 12.5. The molecule has 0 aromatic carbocycles. The number of nitrogens with two attached hydrogens (primary N) is 1. The molecule has 2 N–H and O–H groups in total. The summed E-state index contributed by atoms with van der Waals surface area (Å²) in [7, 11) is 0. The number of amides is 1. The van der Waals surface area contributed by atoms with E-state index in [1.807, 2.05) is 25.7 Å². The van der Waals surface area contributed by atoms with Crippen LogP contribution in [0.25, 0.3) is 0 Å². The van der Waals surface area contributed by atoms with Crippen molar-refractivity contribution in [3.63, 3.8) is 0 Å². The molecule has 1 heterocycles. The highest BCUT2D eigenvalue weighted by atomic mass is 16.6. The topological polar surface area (TPSA) is 55.6 Å². The van der Waals surface area contributed by atoms with Crippen LogP contribution in [-0.4, -0.2) is 34.7 Å². The molecule has 1 saturated carbocycles. The minimum absolute atomic E-state index is 0.0295. The van der Waals surface area contributed by atoms with E-state index in [1.165, 1.54) is 19.3 Å². The second kappa shape index (κ2) is 5.31. The van der Waals surface area contributed by atoms with Gasteiger partial charge in [0.2, 0.25) is 0 Å². The van der Waals surface area contributed by atoms with Gasteiger partial charge in [-0.3, -0.25) is 0 Å². The van der Waals surface area contributed by atoms with Crippen LogP contribution in [0.5, 0.6) is 0 Å². The molecule has 1 atom stereocenters. The average molecular weight is 268 g/mol. The van der Waals surface area contributed by atoms with E-state index in [-0.39, 0.29) is 17.7 Å². The van der Waals surface area contributed by atoms with E-state index in [4.69, 9.17) is 10.5 Å². The number of rotatable bonds is 0. The third-order valence-electron chi connectivity index (χ3n) is 4.34. The van der Waals surface area contributed by atoms with Gasteiger partial charge in [-0.05, 0) is 46.5 Å². The highest BCUT2D eigenvalue weighted by Crippen LogP contribution is 2.40. The normalized spacial score (nSPS) is 27.4. The lowest BCUT2D eigenvalue weighted by molar-refractivity contribution is -0.0304. The number of likely N-dealkylation sites (tertiary alicyclic amines) is 1. The largest absolute Gasteiger partial charge is 0.444 e. The van der Waals surface area contributed by atoms with E-state index in [1.54, 1.807) is 0 Å². The summed E-state index contributed by atoms with van der Waals surface area (Å²) in [6, 6.07) is 0.233. The Kier molecular flexibility index (Phi) is 4.09. The second-order valence-electron chi connectivity index (χ2n) is 7.17. The Morgan fingerprint density at radius 1 is 1.26 bits per heavy atom. The summed E-state index contributed by atoms with van der Waals surface area (Å²) in [5, 5.41) is 0. The number of hydrogen-bond donors (Lipinski definition) is 1. The molecule has 0 aromatic heterocycles. The van der Waals surface area contributed by atoms with Gasteiger partial charge in [0, 0.05) is 18.1 Å². The van der Waals surface area contributed by atoms with Gasteiger partial charge in [0.1, 0.15) is 5.60 Å². The standard InChI is InChI=1S/C15H28N2O2/c1-14(2,3)19-13(18)17-10-7-12(16)11-15(17)8-5-4-6-9-15/h12H,4-11,16H2,1-3H3/t12-/m0/s1. The third kappa shape index (κ3) is 3.41. The van der Waals surface area contributed by atoms with Gasteiger partial charge in [0.25, 0.3) is 0 Å². The van der Waals surface area contributed by atoms with Crippen LogP contribution in [0, 0.1) is 0 Å². The van der Waals surface area contributed by atoms with Crippen LogP contribution in [0.2, 0.25) is 0 Å². The Balaban J connectivity index is 2.13. The van der Waals surface area contributed by atoms with Gasteiger partial charge < -0.3 is 15.4 Å². The Labute approximate surface area is 116 Å². The zero-order valence-corrected chi connectivity index (χ0v) is 12.6. The SMILES string of the molecule is CC(C)(C)OC(=O)N1CC[C@H](N)CC12CCCCC2. The fourth-order valence-electron chi connectivity index (χ4n) is 3.52. The molecule has 1 saturated heterocycles. The van der Waals surface area contributed by atoms with Gasteiger partial charge in [-0.1, -0.05) is 19.3 Å². The lowest BCUT2D eigenvalue weighted by Crippen LogP contribution is -2.60. The molecular formula is C15H28N2O2. The summed E-state index contributed by atoms with van der Waals surface area (Å²) in [5.74, 6) is 0. The van der Waals surface area contributed by atoms with Crippen LogP contribution < -0.4 is 5.73 Å². The van der Waals surface area contributed by atoms with Crippen molar-refractivity contribution >= 4 is 6.09 Å². The number of piperidine rings is 1. The maximum absolute atomic E-state index is 12.5. The Morgan fingerprint density at radius 3 is 2.47 bits per heavy atom. The van der Waals surface area contributed by atoms with Crippen molar-refractivity contribution in [3.8, 4) is 0 Å². The fraction of sp³-hybridized carbons (Fsp3) is 0.933. The zero-order chi connectivity index (χ0) is 14.1. The number of ether oxygens (including phenoxy) is 1. The third-order valence-corrected chi connectivity index (χ3v) is 4.34. The molecule has 0 unspecified atom stereocenters. The van der Waals surface area contributed by atoms with E-state index in [2.05, 4.69) is 0 Å². The Hall–Kier alpha value is -0.770.